The maximum atomic E-state index is 13.0. The molecule has 14 heterocycles. The highest BCUT2D eigenvalue weighted by Gasteiger charge is 2.40. The van der Waals surface area contributed by atoms with E-state index in [4.69, 9.17) is 4.52 Å². The minimum atomic E-state index is -4.53. The van der Waals surface area contributed by atoms with Crippen molar-refractivity contribution in [1.82, 2.24) is 113 Å². The van der Waals surface area contributed by atoms with Gasteiger partial charge in [0, 0.05) is 133 Å². The molecular weight excluding hydrogens is 1480 g/mol. The van der Waals surface area contributed by atoms with E-state index in [0.717, 1.165) is 117 Å². The van der Waals surface area contributed by atoms with E-state index in [2.05, 4.69) is 128 Å². The first kappa shape index (κ1) is 76.7. The average molecular weight is 1560 g/mol. The number of aromatic nitrogens is 23. The van der Waals surface area contributed by atoms with Crippen LogP contribution in [0.4, 0.5) is 122 Å². The van der Waals surface area contributed by atoms with E-state index >= 15 is 0 Å². The van der Waals surface area contributed by atoms with Crippen molar-refractivity contribution in [2.75, 3.05) is 70.7 Å². The molecule has 2 aliphatic heterocycles. The Hall–Kier alpha value is -12.4. The minimum Gasteiger partial charge on any atom is -0.372 e. The van der Waals surface area contributed by atoms with Crippen molar-refractivity contribution in [3.05, 3.63) is 165 Å². The van der Waals surface area contributed by atoms with Gasteiger partial charge in [0.2, 0.25) is 23.8 Å². The van der Waals surface area contributed by atoms with Crippen LogP contribution in [0.5, 0.6) is 0 Å². The Morgan fingerprint density at radius 3 is 1.29 bits per heavy atom. The summed E-state index contributed by atoms with van der Waals surface area (Å²) in [7, 11) is 7.45. The Balaban J connectivity index is 0.000000130. The summed E-state index contributed by atoms with van der Waals surface area (Å²) in [5.41, 5.74) is 7.00. The van der Waals surface area contributed by atoms with Gasteiger partial charge >= 0.3 is 24.7 Å². The van der Waals surface area contributed by atoms with Crippen LogP contribution >= 0.6 is 0 Å². The summed E-state index contributed by atoms with van der Waals surface area (Å²) in [6.07, 6.45) is 5.84. The predicted octanol–water partition coefficient (Wildman–Crippen LogP) is 13.0. The van der Waals surface area contributed by atoms with E-state index in [9.17, 15) is 52.7 Å². The predicted molar refractivity (Wildman–Crippen MR) is 379 cm³/mol. The SMILES string of the molecule is CNc1nc(Nc2cn(C3CCCn4ccnc43)nc2C)ncc1C(F)(F)F.CNc1nc(Nc2cn(C3CCc4c(C)noc43)nc2C)ncc1C(F)(F)F.CNc1nc(Nc2cn(C3CCc4c3cnn4C)nc2C)ncc1C(F)(F)F.CNc1nc(Nc2cn(C3CCn4nccc43)nc2C)ncc1C(F)(F)F. The molecule has 0 spiro atoms. The lowest BCUT2D eigenvalue weighted by atomic mass is 10.1. The number of hydrogen-bond donors (Lipinski definition) is 8. The van der Waals surface area contributed by atoms with E-state index in [1.54, 1.807) is 30.2 Å². The second kappa shape index (κ2) is 30.5. The zero-order chi connectivity index (χ0) is 79.2. The Bertz CT molecular complexity index is 5140. The molecule has 44 heteroatoms. The topological polar surface area (TPSA) is 350 Å². The number of nitrogens with one attached hydrogen (secondary N) is 8. The van der Waals surface area contributed by atoms with Gasteiger partial charge in [-0.2, -0.15) is 103 Å². The van der Waals surface area contributed by atoms with Crippen molar-refractivity contribution in [1.29, 1.82) is 0 Å². The van der Waals surface area contributed by atoms with Crippen LogP contribution in [0.1, 0.15) is 141 Å². The monoisotopic (exact) mass is 1560 g/mol. The standard InChI is InChI=1S/2C17H19F3N8.C17H18F3N7O.C16H17F3N8/c1-9-12(24-16-22-7-11(17(18,19)20)15(21-2)25-16)8-28(26-9)14-5-4-13-10(14)6-23-27(13)3;1-10-12(24-16-23-8-11(17(18,19)20)14(21-2)25-16)9-28(26-10)13-4-3-6-27-7-5-22-15(13)27;1-8-10-4-5-13(14(10)28-26-8)27-7-12(9(2)25-27)23-16-22-6-11(17(18,19)20)15(21-3)24-16;1-9-11(8-27(25-9)13-4-6-26-12(13)3-5-22-26)23-15-21-7-10(16(17,18)19)14(20-2)24-15/h6-8,14H,4-5H2,1-3H3,(H2,21,22,24,25);5,7-9,13H,3-4,6H2,1-2H3,(H2,21,23,24,25);6-7,13H,4-5H2,1-3H3,(H2,21,22,23,24);3,5,7-8,13H,4,6H2,1-2H3,(H2,20,21,23,24). The zero-order valence-corrected chi connectivity index (χ0v) is 60.9. The molecule has 16 rings (SSSR count). The molecule has 4 atom stereocenters. The van der Waals surface area contributed by atoms with Gasteiger partial charge in [-0.1, -0.05) is 5.16 Å². The van der Waals surface area contributed by atoms with Gasteiger partial charge in [-0.25, -0.2) is 24.9 Å². The van der Waals surface area contributed by atoms with Gasteiger partial charge in [0.1, 0.15) is 63.4 Å². The van der Waals surface area contributed by atoms with E-state index in [-0.39, 0.29) is 71.2 Å². The molecular formula is C67H73F12N31O. The lowest BCUT2D eigenvalue weighted by Gasteiger charge is -2.23. The van der Waals surface area contributed by atoms with Crippen LogP contribution in [0, 0.1) is 34.6 Å². The van der Waals surface area contributed by atoms with Crippen molar-refractivity contribution in [3.63, 3.8) is 0 Å². The maximum absolute atomic E-state index is 13.0. The van der Waals surface area contributed by atoms with Crippen molar-refractivity contribution in [3.8, 4) is 0 Å². The van der Waals surface area contributed by atoms with Crippen LogP contribution in [-0.4, -0.2) is 141 Å². The van der Waals surface area contributed by atoms with Crippen molar-refractivity contribution in [2.45, 2.75) is 142 Å². The first-order valence-corrected chi connectivity index (χ1v) is 34.6. The zero-order valence-electron chi connectivity index (χ0n) is 60.9. The quantitative estimate of drug-likeness (QED) is 0.0417. The molecule has 0 saturated heterocycles. The van der Waals surface area contributed by atoms with Gasteiger partial charge in [-0.05, 0) is 85.6 Å². The second-order valence-corrected chi connectivity index (χ2v) is 26.1. The van der Waals surface area contributed by atoms with Crippen LogP contribution in [0.2, 0.25) is 0 Å². The first-order valence-electron chi connectivity index (χ1n) is 34.6. The Morgan fingerprint density at radius 2 is 0.856 bits per heavy atom. The fourth-order valence-corrected chi connectivity index (χ4v) is 13.4. The summed E-state index contributed by atoms with van der Waals surface area (Å²) in [4.78, 5) is 35.3. The summed E-state index contributed by atoms with van der Waals surface area (Å²) < 4.78 is 175. The van der Waals surface area contributed by atoms with Gasteiger partial charge < -0.3 is 51.6 Å². The van der Waals surface area contributed by atoms with Crippen molar-refractivity contribution >= 4 is 69.8 Å². The molecule has 8 N–H and O–H groups in total. The molecule has 111 heavy (non-hydrogen) atoms. The van der Waals surface area contributed by atoms with E-state index in [0.29, 0.717) is 45.5 Å². The third kappa shape index (κ3) is 16.2. The molecule has 0 amide bonds. The third-order valence-corrected chi connectivity index (χ3v) is 19.0. The van der Waals surface area contributed by atoms with E-state index in [1.165, 1.54) is 33.9 Å². The number of hydrogen-bond acceptors (Lipinski definition) is 25. The van der Waals surface area contributed by atoms with Gasteiger partial charge in [-0.15, -0.1) is 0 Å². The highest BCUT2D eigenvalue weighted by molar-refractivity contribution is 5.62. The Labute approximate surface area is 622 Å². The number of alkyl halides is 12. The Morgan fingerprint density at radius 1 is 0.441 bits per heavy atom. The second-order valence-electron chi connectivity index (χ2n) is 26.1. The maximum Gasteiger partial charge on any atom is 0.421 e. The summed E-state index contributed by atoms with van der Waals surface area (Å²) >= 11 is 0. The van der Waals surface area contributed by atoms with Gasteiger partial charge in [0.15, 0.2) is 5.76 Å². The van der Waals surface area contributed by atoms with Gasteiger partial charge in [0.25, 0.3) is 0 Å². The number of nitrogens with zero attached hydrogens (tertiary/aromatic N) is 23. The molecule has 12 aromatic heterocycles. The van der Waals surface area contributed by atoms with Crippen LogP contribution in [0.15, 0.2) is 85.0 Å². The molecule has 2 aliphatic carbocycles. The molecule has 0 fully saturated rings. The highest BCUT2D eigenvalue weighted by atomic mass is 19.4. The molecule has 0 radical (unpaired) electrons. The molecule has 4 unspecified atom stereocenters. The molecule has 0 aromatic carbocycles. The molecule has 32 nitrogen and oxygen atoms in total. The fourth-order valence-electron chi connectivity index (χ4n) is 13.4. The number of rotatable bonds is 16. The lowest BCUT2D eigenvalue weighted by Crippen LogP contribution is -2.22. The largest absolute Gasteiger partial charge is 0.421 e. The van der Waals surface area contributed by atoms with Gasteiger partial charge in [-0.3, -0.25) is 28.1 Å². The molecule has 12 aromatic rings. The number of halogens is 12. The molecule has 0 bridgehead atoms. The molecule has 586 valence electrons. The average Bonchev–Trinajstić information content (AvgIpc) is 1.69. The van der Waals surface area contributed by atoms with E-state index in [1.807, 2.05) is 95.2 Å². The van der Waals surface area contributed by atoms with Gasteiger partial charge in [0.05, 0.1) is 75.2 Å². The first-order chi connectivity index (χ1) is 52.8. The minimum absolute atomic E-state index is 0.0133. The normalized spacial score (nSPS) is 16.4. The van der Waals surface area contributed by atoms with Crippen molar-refractivity contribution in [2.24, 2.45) is 7.05 Å². The number of imidazole rings is 1. The number of aryl methyl sites for hydroxylation is 8. The summed E-state index contributed by atoms with van der Waals surface area (Å²) in [5, 5.41) is 52.4. The summed E-state index contributed by atoms with van der Waals surface area (Å²) in [6.45, 7) is 10.9. The summed E-state index contributed by atoms with van der Waals surface area (Å²) in [6, 6.07) is 2.06. The van der Waals surface area contributed by atoms with E-state index < -0.39 is 47.0 Å². The highest BCUT2D eigenvalue weighted by Crippen LogP contribution is 2.42. The number of fused-ring (bicyclic) bond motifs is 4. The van der Waals surface area contributed by atoms with Crippen LogP contribution in [0.25, 0.3) is 0 Å². The van der Waals surface area contributed by atoms with Crippen molar-refractivity contribution < 1.29 is 57.2 Å². The fraction of sp³-hybridized carbons (Fsp3) is 0.403. The van der Waals surface area contributed by atoms with Crippen LogP contribution in [-0.2, 0) is 57.7 Å². The molecule has 4 aliphatic rings. The summed E-state index contributed by atoms with van der Waals surface area (Å²) in [5.74, 6) is 0.818. The number of anilines is 12. The van der Waals surface area contributed by atoms with Crippen LogP contribution < -0.4 is 42.5 Å². The Kier molecular flexibility index (Phi) is 21.1. The lowest BCUT2D eigenvalue weighted by molar-refractivity contribution is -0.138. The smallest absolute Gasteiger partial charge is 0.372 e. The molecule has 0 saturated carbocycles. The third-order valence-electron chi connectivity index (χ3n) is 19.0. The van der Waals surface area contributed by atoms with Crippen LogP contribution in [0.3, 0.4) is 0 Å².